The van der Waals surface area contributed by atoms with Crippen molar-refractivity contribution in [3.05, 3.63) is 0 Å². The number of hydrogen-bond donors (Lipinski definition) is 2. The van der Waals surface area contributed by atoms with E-state index in [1.165, 1.54) is 9.80 Å². The van der Waals surface area contributed by atoms with Gasteiger partial charge in [0.05, 0.1) is 22.9 Å². The summed E-state index contributed by atoms with van der Waals surface area (Å²) in [7, 11) is 0. The van der Waals surface area contributed by atoms with Crippen molar-refractivity contribution in [2.75, 3.05) is 26.2 Å². The first-order valence-electron chi connectivity index (χ1n) is 9.69. The number of nitrogens with zero attached hydrogens (tertiary/aromatic N) is 3. The van der Waals surface area contributed by atoms with Gasteiger partial charge in [0.2, 0.25) is 17.7 Å². The highest BCUT2D eigenvalue weighted by Gasteiger charge is 2.80. The van der Waals surface area contributed by atoms with Crippen LogP contribution in [0, 0.1) is 10.8 Å². The van der Waals surface area contributed by atoms with Crippen molar-refractivity contribution in [3.8, 4) is 0 Å². The van der Waals surface area contributed by atoms with E-state index in [2.05, 4.69) is 10.6 Å². The second-order valence-electron chi connectivity index (χ2n) is 8.33. The Morgan fingerprint density at radius 2 is 1.32 bits per heavy atom. The maximum absolute atomic E-state index is 12.8. The van der Waals surface area contributed by atoms with Crippen molar-refractivity contribution in [3.63, 3.8) is 0 Å². The summed E-state index contributed by atoms with van der Waals surface area (Å²) in [6, 6.07) is -2.29. The van der Waals surface area contributed by atoms with E-state index >= 15 is 0 Å². The summed E-state index contributed by atoms with van der Waals surface area (Å²) in [5.41, 5.74) is -2.31. The molecular weight excluding hydrogens is 366 g/mol. The summed E-state index contributed by atoms with van der Waals surface area (Å²) < 4.78 is 0. The highest BCUT2D eigenvalue weighted by Crippen LogP contribution is 2.63. The molecule has 0 spiro atoms. The Kier molecular flexibility index (Phi) is 3.95. The van der Waals surface area contributed by atoms with Gasteiger partial charge in [0.25, 0.3) is 0 Å². The summed E-state index contributed by atoms with van der Waals surface area (Å²) in [5, 5.41) is 4.73. The molecule has 4 atom stereocenters. The Morgan fingerprint density at radius 1 is 0.893 bits per heavy atom. The first-order valence-corrected chi connectivity index (χ1v) is 9.69. The average Bonchev–Trinajstić information content (AvgIpc) is 2.72. The Hall–Kier alpha value is -2.65. The van der Waals surface area contributed by atoms with Gasteiger partial charge in [0, 0.05) is 32.6 Å². The zero-order valence-electron chi connectivity index (χ0n) is 16.3. The summed E-state index contributed by atoms with van der Waals surface area (Å²) in [6.07, 6.45) is 1.09. The van der Waals surface area contributed by atoms with Gasteiger partial charge < -0.3 is 14.7 Å². The SMILES string of the molecule is CCCC(=O)N1CCN2C(=O)NC(=O)C3(C)C2C2N(CC1)C(=O)NC(=O)C23C. The molecule has 28 heavy (non-hydrogen) atoms. The third-order valence-corrected chi connectivity index (χ3v) is 7.18. The topological polar surface area (TPSA) is 119 Å². The minimum absolute atomic E-state index is 0.0377. The van der Waals surface area contributed by atoms with Crippen LogP contribution in [-0.4, -0.2) is 82.7 Å². The molecule has 0 bridgehead atoms. The van der Waals surface area contributed by atoms with E-state index in [4.69, 9.17) is 0 Å². The van der Waals surface area contributed by atoms with Gasteiger partial charge >= 0.3 is 12.1 Å². The van der Waals surface area contributed by atoms with Gasteiger partial charge in [-0.3, -0.25) is 25.0 Å². The molecule has 4 aliphatic rings. The van der Waals surface area contributed by atoms with Crippen LogP contribution in [0.4, 0.5) is 9.59 Å². The quantitative estimate of drug-likeness (QED) is 0.657. The number of rotatable bonds is 2. The lowest BCUT2D eigenvalue weighted by molar-refractivity contribution is -0.212. The molecular formula is C18H25N5O5. The molecule has 0 aromatic rings. The maximum Gasteiger partial charge on any atom is 0.324 e. The molecule has 1 saturated carbocycles. The molecule has 3 saturated heterocycles. The standard InChI is InChI=1S/C18H25N5O5/c1-4-5-10(24)21-6-8-22-11-12-18(3,17(11,2)13(25)19-15(22)27)14(26)20-16(28)23(12)9-7-21/h11-12H,4-9H2,1-3H3,(H,19,25,27)(H,20,26,28). The third kappa shape index (κ3) is 2.05. The van der Waals surface area contributed by atoms with Crippen molar-refractivity contribution in [2.45, 2.75) is 45.7 Å². The molecule has 0 radical (unpaired) electrons. The Labute approximate surface area is 162 Å². The van der Waals surface area contributed by atoms with E-state index in [0.717, 1.165) is 0 Å². The van der Waals surface area contributed by atoms with Crippen LogP contribution < -0.4 is 10.6 Å². The van der Waals surface area contributed by atoms with Crippen LogP contribution in [0.5, 0.6) is 0 Å². The summed E-state index contributed by atoms with van der Waals surface area (Å²) in [4.78, 5) is 67.9. The number of urea groups is 2. The Morgan fingerprint density at radius 3 is 1.71 bits per heavy atom. The fourth-order valence-corrected chi connectivity index (χ4v) is 5.38. The van der Waals surface area contributed by atoms with Crippen LogP contribution in [-0.2, 0) is 14.4 Å². The van der Waals surface area contributed by atoms with Crippen molar-refractivity contribution in [1.82, 2.24) is 25.3 Å². The maximum atomic E-state index is 12.8. The first-order chi connectivity index (χ1) is 13.2. The Balaban J connectivity index is 1.78. The number of hydrogen-bond acceptors (Lipinski definition) is 5. The van der Waals surface area contributed by atoms with Crippen molar-refractivity contribution in [1.29, 1.82) is 0 Å². The molecule has 10 heteroatoms. The summed E-state index contributed by atoms with van der Waals surface area (Å²) in [5.74, 6) is -1.04. The van der Waals surface area contributed by atoms with E-state index in [1.807, 2.05) is 6.92 Å². The lowest BCUT2D eigenvalue weighted by Crippen LogP contribution is -2.91. The van der Waals surface area contributed by atoms with Crippen LogP contribution in [0.3, 0.4) is 0 Å². The van der Waals surface area contributed by atoms with Crippen LogP contribution in [0.2, 0.25) is 0 Å². The molecule has 4 fully saturated rings. The van der Waals surface area contributed by atoms with Gasteiger partial charge in [0.1, 0.15) is 0 Å². The predicted molar refractivity (Wildman–Crippen MR) is 95.8 cm³/mol. The van der Waals surface area contributed by atoms with E-state index in [1.54, 1.807) is 18.7 Å². The molecule has 0 aromatic carbocycles. The van der Waals surface area contributed by atoms with Crippen LogP contribution in [0.15, 0.2) is 0 Å². The zero-order valence-corrected chi connectivity index (χ0v) is 16.3. The Bertz CT molecular complexity index is 743. The van der Waals surface area contributed by atoms with Gasteiger partial charge in [0.15, 0.2) is 0 Å². The van der Waals surface area contributed by atoms with Gasteiger partial charge in [-0.15, -0.1) is 0 Å². The number of imide groups is 2. The second kappa shape index (κ2) is 5.92. The monoisotopic (exact) mass is 391 g/mol. The predicted octanol–water partition coefficient (Wildman–Crippen LogP) is -0.504. The molecule has 10 nitrogen and oxygen atoms in total. The molecule has 7 amide bonds. The van der Waals surface area contributed by atoms with Crippen molar-refractivity contribution in [2.24, 2.45) is 10.8 Å². The number of amides is 7. The van der Waals surface area contributed by atoms with E-state index < -0.39 is 46.8 Å². The first kappa shape index (κ1) is 18.7. The minimum atomic E-state index is -1.16. The molecule has 3 heterocycles. The molecule has 2 N–H and O–H groups in total. The molecule has 0 aromatic heterocycles. The van der Waals surface area contributed by atoms with Crippen LogP contribution >= 0.6 is 0 Å². The number of nitrogens with one attached hydrogen (secondary N) is 2. The lowest BCUT2D eigenvalue weighted by Gasteiger charge is -2.71. The van der Waals surface area contributed by atoms with Crippen LogP contribution in [0.25, 0.3) is 0 Å². The average molecular weight is 391 g/mol. The fraction of sp³-hybridized carbons (Fsp3) is 0.722. The van der Waals surface area contributed by atoms with E-state index in [-0.39, 0.29) is 19.0 Å². The van der Waals surface area contributed by atoms with Gasteiger partial charge in [-0.25, -0.2) is 9.59 Å². The molecule has 4 unspecified atom stereocenters. The smallest absolute Gasteiger partial charge is 0.324 e. The molecule has 3 aliphatic heterocycles. The largest absolute Gasteiger partial charge is 0.339 e. The molecule has 152 valence electrons. The number of carbonyl (C=O) groups excluding carboxylic acids is 5. The molecule has 4 rings (SSSR count). The third-order valence-electron chi connectivity index (χ3n) is 7.18. The number of fused-ring (bicyclic) bond motifs is 1. The lowest BCUT2D eigenvalue weighted by atomic mass is 9.42. The van der Waals surface area contributed by atoms with Gasteiger partial charge in [-0.1, -0.05) is 6.92 Å². The summed E-state index contributed by atoms with van der Waals surface area (Å²) >= 11 is 0. The van der Waals surface area contributed by atoms with Crippen molar-refractivity contribution >= 4 is 29.8 Å². The highest BCUT2D eigenvalue weighted by atomic mass is 16.2. The molecule has 1 aliphatic carbocycles. The minimum Gasteiger partial charge on any atom is -0.339 e. The van der Waals surface area contributed by atoms with E-state index in [0.29, 0.717) is 25.9 Å². The summed E-state index contributed by atoms with van der Waals surface area (Å²) in [6.45, 7) is 6.39. The second-order valence-corrected chi connectivity index (χ2v) is 8.33. The number of carbonyl (C=O) groups is 5. The van der Waals surface area contributed by atoms with Crippen LogP contribution in [0.1, 0.15) is 33.6 Å². The van der Waals surface area contributed by atoms with Crippen molar-refractivity contribution < 1.29 is 24.0 Å². The highest BCUT2D eigenvalue weighted by molar-refractivity contribution is 6.10. The van der Waals surface area contributed by atoms with Gasteiger partial charge in [-0.2, -0.15) is 0 Å². The van der Waals surface area contributed by atoms with E-state index in [9.17, 15) is 24.0 Å². The normalized spacial score (nSPS) is 37.2. The zero-order chi connectivity index (χ0) is 20.4. The van der Waals surface area contributed by atoms with Gasteiger partial charge in [-0.05, 0) is 20.3 Å². The fourth-order valence-electron chi connectivity index (χ4n) is 5.38.